The molecule has 0 amide bonds. The topological polar surface area (TPSA) is 50.3 Å². The van der Waals surface area contributed by atoms with Gasteiger partial charge in [0.15, 0.2) is 0 Å². The first-order chi connectivity index (χ1) is 8.94. The van der Waals surface area contributed by atoms with Gasteiger partial charge in [-0.15, -0.1) is 0 Å². The van der Waals surface area contributed by atoms with Gasteiger partial charge >= 0.3 is 0 Å². The zero-order valence-electron chi connectivity index (χ0n) is 11.2. The number of aromatic nitrogens is 1. The lowest BCUT2D eigenvalue weighted by atomic mass is 9.86. The third-order valence-corrected chi connectivity index (χ3v) is 6.24. The molecule has 1 fully saturated rings. The molecule has 0 bridgehead atoms. The van der Waals surface area contributed by atoms with Crippen molar-refractivity contribution >= 4 is 21.6 Å². The summed E-state index contributed by atoms with van der Waals surface area (Å²) in [6.45, 7) is 2.11. The Morgan fingerprint density at radius 2 is 2.05 bits per heavy atom. The van der Waals surface area contributed by atoms with Crippen LogP contribution in [-0.2, 0) is 10.0 Å². The van der Waals surface area contributed by atoms with Crippen LogP contribution in [0.3, 0.4) is 0 Å². The Morgan fingerprint density at radius 1 is 1.37 bits per heavy atom. The molecule has 1 aromatic heterocycles. The van der Waals surface area contributed by atoms with Crippen LogP contribution in [-0.4, -0.2) is 30.8 Å². The second-order valence-electron chi connectivity index (χ2n) is 5.14. The number of sulfonamides is 1. The quantitative estimate of drug-likeness (QED) is 0.807. The second-order valence-corrected chi connectivity index (χ2v) is 7.47. The Balaban J connectivity index is 2.31. The van der Waals surface area contributed by atoms with Crippen LogP contribution in [0.4, 0.5) is 0 Å². The molecule has 6 heteroatoms. The summed E-state index contributed by atoms with van der Waals surface area (Å²) in [7, 11) is -1.92. The van der Waals surface area contributed by atoms with Gasteiger partial charge in [-0.2, -0.15) is 4.31 Å². The summed E-state index contributed by atoms with van der Waals surface area (Å²) in [6, 6.07) is 3.15. The molecule has 106 valence electrons. The van der Waals surface area contributed by atoms with E-state index in [0.29, 0.717) is 5.92 Å². The fourth-order valence-electron chi connectivity index (χ4n) is 2.73. The van der Waals surface area contributed by atoms with Gasteiger partial charge < -0.3 is 0 Å². The molecule has 0 saturated heterocycles. The standard InChI is InChI=1S/C13H19ClN2O2S/c1-10-6-3-4-7-11(10)16(2)19(17,18)12-8-5-9-15-13(12)14/h5,8-11H,3-4,6-7H2,1-2H3. The predicted molar refractivity (Wildman–Crippen MR) is 75.6 cm³/mol. The SMILES string of the molecule is CC1CCCCC1N(C)S(=O)(=O)c1cccnc1Cl. The van der Waals surface area contributed by atoms with E-state index in [-0.39, 0.29) is 16.1 Å². The van der Waals surface area contributed by atoms with E-state index in [2.05, 4.69) is 11.9 Å². The van der Waals surface area contributed by atoms with Gasteiger partial charge in [-0.05, 0) is 30.9 Å². The maximum Gasteiger partial charge on any atom is 0.246 e. The van der Waals surface area contributed by atoms with Gasteiger partial charge in [0.05, 0.1) is 0 Å². The van der Waals surface area contributed by atoms with E-state index in [4.69, 9.17) is 11.6 Å². The van der Waals surface area contributed by atoms with Crippen molar-refractivity contribution in [2.45, 2.75) is 43.5 Å². The van der Waals surface area contributed by atoms with Crippen LogP contribution in [0.25, 0.3) is 0 Å². The molecular formula is C13H19ClN2O2S. The first-order valence-electron chi connectivity index (χ1n) is 6.53. The Morgan fingerprint density at radius 3 is 2.68 bits per heavy atom. The first-order valence-corrected chi connectivity index (χ1v) is 8.35. The van der Waals surface area contributed by atoms with Gasteiger partial charge in [0, 0.05) is 19.3 Å². The largest absolute Gasteiger partial charge is 0.246 e. The molecule has 0 aliphatic heterocycles. The summed E-state index contributed by atoms with van der Waals surface area (Å²) >= 11 is 5.91. The Bertz CT molecular complexity index is 547. The van der Waals surface area contributed by atoms with Crippen LogP contribution in [0, 0.1) is 5.92 Å². The van der Waals surface area contributed by atoms with Crippen LogP contribution < -0.4 is 0 Å². The molecule has 1 aliphatic rings. The molecular weight excluding hydrogens is 284 g/mol. The molecule has 1 aliphatic carbocycles. The highest BCUT2D eigenvalue weighted by molar-refractivity contribution is 7.89. The molecule has 0 spiro atoms. The smallest absolute Gasteiger partial charge is 0.243 e. The van der Waals surface area contributed by atoms with Crippen molar-refractivity contribution in [1.29, 1.82) is 0 Å². The lowest BCUT2D eigenvalue weighted by molar-refractivity contribution is 0.213. The Labute approximate surface area is 119 Å². The molecule has 4 nitrogen and oxygen atoms in total. The van der Waals surface area contributed by atoms with E-state index in [1.54, 1.807) is 13.1 Å². The molecule has 19 heavy (non-hydrogen) atoms. The van der Waals surface area contributed by atoms with E-state index < -0.39 is 10.0 Å². The molecule has 1 saturated carbocycles. The predicted octanol–water partition coefficient (Wildman–Crippen LogP) is 2.93. The van der Waals surface area contributed by atoms with Gasteiger partial charge in [0.25, 0.3) is 0 Å². The Kier molecular flexibility index (Phi) is 4.48. The average molecular weight is 303 g/mol. The molecule has 1 aromatic rings. The second kappa shape index (κ2) is 5.77. The molecule has 0 aromatic carbocycles. The van der Waals surface area contributed by atoms with Crippen molar-refractivity contribution in [3.05, 3.63) is 23.5 Å². The molecule has 2 unspecified atom stereocenters. The number of hydrogen-bond donors (Lipinski definition) is 0. The fraction of sp³-hybridized carbons (Fsp3) is 0.615. The lowest BCUT2D eigenvalue weighted by Crippen LogP contribution is -2.42. The minimum absolute atomic E-state index is 0.0396. The molecule has 0 radical (unpaired) electrons. The monoisotopic (exact) mass is 302 g/mol. The van der Waals surface area contributed by atoms with Gasteiger partial charge in [-0.25, -0.2) is 13.4 Å². The zero-order chi connectivity index (χ0) is 14.0. The molecule has 2 atom stereocenters. The highest BCUT2D eigenvalue weighted by Gasteiger charge is 2.34. The Hall–Kier alpha value is -0.650. The van der Waals surface area contributed by atoms with Crippen molar-refractivity contribution < 1.29 is 8.42 Å². The van der Waals surface area contributed by atoms with Gasteiger partial charge in [-0.3, -0.25) is 0 Å². The van der Waals surface area contributed by atoms with Crippen LogP contribution in [0.15, 0.2) is 23.2 Å². The summed E-state index contributed by atoms with van der Waals surface area (Å²) in [5, 5.41) is 0.0396. The molecule has 0 N–H and O–H groups in total. The third kappa shape index (κ3) is 2.93. The van der Waals surface area contributed by atoms with Crippen LogP contribution in [0.1, 0.15) is 32.6 Å². The van der Waals surface area contributed by atoms with Gasteiger partial charge in [0.1, 0.15) is 10.0 Å². The van der Waals surface area contributed by atoms with Gasteiger partial charge in [0.2, 0.25) is 10.0 Å². The summed E-state index contributed by atoms with van der Waals surface area (Å²) in [5.41, 5.74) is 0. The van der Waals surface area contributed by atoms with Crippen LogP contribution in [0.2, 0.25) is 5.15 Å². The highest BCUT2D eigenvalue weighted by Crippen LogP contribution is 2.31. The van der Waals surface area contributed by atoms with Crippen molar-refractivity contribution in [3.8, 4) is 0 Å². The summed E-state index contributed by atoms with van der Waals surface area (Å²) in [6.07, 6.45) is 5.74. The zero-order valence-corrected chi connectivity index (χ0v) is 12.8. The van der Waals surface area contributed by atoms with E-state index in [9.17, 15) is 8.42 Å². The maximum atomic E-state index is 12.6. The summed E-state index contributed by atoms with van der Waals surface area (Å²) in [4.78, 5) is 3.95. The lowest BCUT2D eigenvalue weighted by Gasteiger charge is -2.35. The third-order valence-electron chi connectivity index (χ3n) is 3.92. The van der Waals surface area contributed by atoms with Gasteiger partial charge in [-0.1, -0.05) is 31.4 Å². The summed E-state index contributed by atoms with van der Waals surface area (Å²) < 4.78 is 26.7. The average Bonchev–Trinajstić information content (AvgIpc) is 2.39. The van der Waals surface area contributed by atoms with Crippen molar-refractivity contribution in [3.63, 3.8) is 0 Å². The molecule has 2 rings (SSSR count). The molecule has 1 heterocycles. The van der Waals surface area contributed by atoms with Crippen molar-refractivity contribution in [2.75, 3.05) is 7.05 Å². The van der Waals surface area contributed by atoms with Crippen molar-refractivity contribution in [2.24, 2.45) is 5.92 Å². The number of nitrogens with zero attached hydrogens (tertiary/aromatic N) is 2. The minimum atomic E-state index is -3.56. The number of halogens is 1. The number of rotatable bonds is 3. The van der Waals surface area contributed by atoms with E-state index in [0.717, 1.165) is 19.3 Å². The first kappa shape index (κ1) is 14.8. The minimum Gasteiger partial charge on any atom is -0.243 e. The van der Waals surface area contributed by atoms with Crippen LogP contribution in [0.5, 0.6) is 0 Å². The van der Waals surface area contributed by atoms with Crippen molar-refractivity contribution in [1.82, 2.24) is 9.29 Å². The highest BCUT2D eigenvalue weighted by atomic mass is 35.5. The van der Waals surface area contributed by atoms with E-state index in [1.165, 1.54) is 23.0 Å². The van der Waals surface area contributed by atoms with E-state index >= 15 is 0 Å². The fourth-order valence-corrected chi connectivity index (χ4v) is 4.64. The normalized spacial score (nSPS) is 24.6. The van der Waals surface area contributed by atoms with E-state index in [1.807, 2.05) is 0 Å². The number of hydrogen-bond acceptors (Lipinski definition) is 3. The maximum absolute atomic E-state index is 12.6. The van der Waals surface area contributed by atoms with Crippen LogP contribution >= 0.6 is 11.6 Å². The number of pyridine rings is 1. The summed E-state index contributed by atoms with van der Waals surface area (Å²) in [5.74, 6) is 0.379.